The molecule has 0 atom stereocenters. The average molecular weight is 377 g/mol. The predicted octanol–water partition coefficient (Wildman–Crippen LogP) is 2.25. The fraction of sp³-hybridized carbons (Fsp3) is 0.250. The van der Waals surface area contributed by atoms with Crippen LogP contribution in [0.25, 0.3) is 16.6 Å². The van der Waals surface area contributed by atoms with Gasteiger partial charge >= 0.3 is 0 Å². The SMILES string of the molecule is [B]C([B])([B])Cc1nc(N)nn2cc(F)c(-c3ccc4c(c3)[N+](CC(F)F)=N4)c12. The van der Waals surface area contributed by atoms with Crippen molar-refractivity contribution in [1.82, 2.24) is 14.6 Å². The number of hydrogen-bond acceptors (Lipinski definition) is 4. The standard InChI is InChI=1S/C16H11B3F3N6/c17-16(18,19)4-10-14-13(8(20)5-28(14)26-15(23)24-10)7-1-2-9-11(3-7)27(25-9)6-12(21)22/h1-3,5,12H,4,6H2,(H2,23,24,26)/q+1. The van der Waals surface area contributed by atoms with Crippen LogP contribution in [0.4, 0.5) is 30.5 Å². The lowest BCUT2D eigenvalue weighted by Gasteiger charge is -2.20. The lowest BCUT2D eigenvalue weighted by molar-refractivity contribution is -0.536. The van der Waals surface area contributed by atoms with Crippen LogP contribution in [0.5, 0.6) is 0 Å². The lowest BCUT2D eigenvalue weighted by Crippen LogP contribution is -2.18. The number of nitrogen functional groups attached to an aromatic ring is 1. The van der Waals surface area contributed by atoms with Crippen LogP contribution < -0.4 is 5.73 Å². The molecule has 2 N–H and O–H groups in total. The van der Waals surface area contributed by atoms with Crippen molar-refractivity contribution < 1.29 is 17.9 Å². The molecule has 0 aliphatic carbocycles. The monoisotopic (exact) mass is 377 g/mol. The molecule has 12 heteroatoms. The molecular weight excluding hydrogens is 366 g/mol. The van der Waals surface area contributed by atoms with E-state index < -0.39 is 23.9 Å². The van der Waals surface area contributed by atoms with E-state index in [9.17, 15) is 13.2 Å². The first-order chi connectivity index (χ1) is 13.1. The maximum absolute atomic E-state index is 14.8. The number of nitrogens with zero attached hydrogens (tertiary/aromatic N) is 5. The molecule has 0 fully saturated rings. The first kappa shape index (κ1) is 18.6. The van der Waals surface area contributed by atoms with Gasteiger partial charge in [-0.1, -0.05) is 10.8 Å². The fourth-order valence-corrected chi connectivity index (χ4v) is 3.21. The molecule has 0 unspecified atom stereocenters. The summed E-state index contributed by atoms with van der Waals surface area (Å²) in [4.78, 5) is 4.11. The van der Waals surface area contributed by atoms with Gasteiger partial charge in [-0.25, -0.2) is 22.7 Å². The van der Waals surface area contributed by atoms with Gasteiger partial charge < -0.3 is 5.73 Å². The summed E-state index contributed by atoms with van der Waals surface area (Å²) in [6.45, 7) is -0.545. The van der Waals surface area contributed by atoms with Crippen molar-refractivity contribution >= 4 is 46.4 Å². The number of anilines is 1. The van der Waals surface area contributed by atoms with Crippen molar-refractivity contribution in [3.63, 3.8) is 0 Å². The Morgan fingerprint density at radius 1 is 1.25 bits per heavy atom. The fourth-order valence-electron chi connectivity index (χ4n) is 3.21. The Hall–Kier alpha value is -2.78. The van der Waals surface area contributed by atoms with Gasteiger partial charge in [-0.2, -0.15) is 0 Å². The third-order valence-electron chi connectivity index (χ3n) is 4.23. The van der Waals surface area contributed by atoms with Crippen molar-refractivity contribution in [2.75, 3.05) is 12.3 Å². The Morgan fingerprint density at radius 3 is 2.68 bits per heavy atom. The molecule has 0 saturated carbocycles. The number of azo groups is 2. The quantitative estimate of drug-likeness (QED) is 0.548. The van der Waals surface area contributed by atoms with E-state index in [0.29, 0.717) is 16.9 Å². The molecule has 0 saturated heterocycles. The van der Waals surface area contributed by atoms with Crippen LogP contribution in [0.1, 0.15) is 5.69 Å². The molecule has 6 radical (unpaired) electrons. The van der Waals surface area contributed by atoms with Crippen molar-refractivity contribution in [2.45, 2.75) is 18.0 Å². The predicted molar refractivity (Wildman–Crippen MR) is 99.3 cm³/mol. The molecule has 3 heterocycles. The van der Waals surface area contributed by atoms with Gasteiger partial charge in [0, 0.05) is 16.7 Å². The average Bonchev–Trinajstić information content (AvgIpc) is 2.87. The third-order valence-corrected chi connectivity index (χ3v) is 4.23. The van der Waals surface area contributed by atoms with Crippen molar-refractivity contribution in [1.29, 1.82) is 0 Å². The Labute approximate surface area is 161 Å². The molecule has 0 amide bonds. The topological polar surface area (TPSA) is 71.6 Å². The van der Waals surface area contributed by atoms with Crippen LogP contribution in [-0.4, -0.2) is 55.8 Å². The van der Waals surface area contributed by atoms with E-state index in [1.54, 1.807) is 18.2 Å². The van der Waals surface area contributed by atoms with Crippen molar-refractivity contribution in [2.24, 2.45) is 5.11 Å². The number of nitrogens with two attached hydrogens (primary N) is 1. The minimum Gasteiger partial charge on any atom is -0.367 e. The Morgan fingerprint density at radius 2 is 2.00 bits per heavy atom. The van der Waals surface area contributed by atoms with E-state index in [-0.39, 0.29) is 29.1 Å². The van der Waals surface area contributed by atoms with Gasteiger partial charge in [0.25, 0.3) is 12.1 Å². The van der Waals surface area contributed by atoms with Gasteiger partial charge in [-0.15, -0.1) is 10.2 Å². The first-order valence-electron chi connectivity index (χ1n) is 8.24. The number of alkyl halides is 2. The normalized spacial score (nSPS) is 13.5. The van der Waals surface area contributed by atoms with Gasteiger partial charge in [-0.3, -0.25) is 0 Å². The molecule has 134 valence electrons. The summed E-state index contributed by atoms with van der Waals surface area (Å²) in [5, 5.41) is 6.34. The largest absolute Gasteiger partial charge is 0.367 e. The van der Waals surface area contributed by atoms with E-state index in [0.717, 1.165) is 6.20 Å². The number of benzene rings is 1. The lowest BCUT2D eigenvalue weighted by atomic mass is 9.41. The molecule has 0 bridgehead atoms. The van der Waals surface area contributed by atoms with Crippen LogP contribution in [0, 0.1) is 5.82 Å². The zero-order valence-electron chi connectivity index (χ0n) is 14.5. The minimum absolute atomic E-state index is 0.0997. The molecule has 28 heavy (non-hydrogen) atoms. The minimum atomic E-state index is -2.55. The summed E-state index contributed by atoms with van der Waals surface area (Å²) in [7, 11) is 17.0. The molecule has 6 nitrogen and oxygen atoms in total. The zero-order valence-corrected chi connectivity index (χ0v) is 14.5. The summed E-state index contributed by atoms with van der Waals surface area (Å²) in [6, 6.07) is 4.82. The summed E-state index contributed by atoms with van der Waals surface area (Å²) < 4.78 is 42.5. The van der Waals surface area contributed by atoms with E-state index >= 15 is 0 Å². The molecule has 4 rings (SSSR count). The molecule has 2 aromatic heterocycles. The third kappa shape index (κ3) is 3.27. The highest BCUT2D eigenvalue weighted by Gasteiger charge is 2.32. The Kier molecular flexibility index (Phi) is 4.24. The molecule has 1 aliphatic rings. The second-order valence-electron chi connectivity index (χ2n) is 6.63. The Bertz CT molecular complexity index is 1120. The van der Waals surface area contributed by atoms with E-state index in [4.69, 9.17) is 29.3 Å². The van der Waals surface area contributed by atoms with E-state index in [1.165, 1.54) is 9.21 Å². The Balaban J connectivity index is 1.87. The second-order valence-corrected chi connectivity index (χ2v) is 6.63. The van der Waals surface area contributed by atoms with Gasteiger partial charge in [0.2, 0.25) is 18.2 Å². The summed E-state index contributed by atoms with van der Waals surface area (Å²) in [5.74, 6) is -0.707. The highest BCUT2D eigenvalue weighted by molar-refractivity contribution is 6.59. The molecule has 1 aliphatic heterocycles. The molecule has 3 aromatic rings. The van der Waals surface area contributed by atoms with Gasteiger partial charge in [0.1, 0.15) is 0 Å². The highest BCUT2D eigenvalue weighted by Crippen LogP contribution is 2.42. The molecule has 1 aromatic carbocycles. The summed E-state index contributed by atoms with van der Waals surface area (Å²) in [6.07, 6.45) is -1.52. The van der Waals surface area contributed by atoms with Crippen molar-refractivity contribution in [3.8, 4) is 11.1 Å². The maximum atomic E-state index is 14.8. The van der Waals surface area contributed by atoms with Crippen LogP contribution in [0.3, 0.4) is 0 Å². The van der Waals surface area contributed by atoms with Crippen molar-refractivity contribution in [3.05, 3.63) is 35.9 Å². The van der Waals surface area contributed by atoms with Crippen LogP contribution in [0.2, 0.25) is 5.11 Å². The smallest absolute Gasteiger partial charge is 0.298 e. The number of aromatic nitrogens is 3. The second kappa shape index (κ2) is 6.39. The zero-order chi connectivity index (χ0) is 20.2. The highest BCUT2D eigenvalue weighted by atomic mass is 19.3. The molecule has 0 spiro atoms. The van der Waals surface area contributed by atoms with Gasteiger partial charge in [0.05, 0.1) is 40.9 Å². The number of hydrogen-bond donors (Lipinski definition) is 1. The van der Waals surface area contributed by atoms with Gasteiger partial charge in [0.15, 0.2) is 5.82 Å². The number of fused-ring (bicyclic) bond motifs is 2. The van der Waals surface area contributed by atoms with Crippen LogP contribution >= 0.6 is 0 Å². The first-order valence-corrected chi connectivity index (χ1v) is 8.24. The van der Waals surface area contributed by atoms with Gasteiger partial charge in [-0.05, 0) is 18.1 Å². The van der Waals surface area contributed by atoms with Crippen LogP contribution in [-0.2, 0) is 6.42 Å². The van der Waals surface area contributed by atoms with E-state index in [1.807, 2.05) is 0 Å². The number of halogens is 3. The van der Waals surface area contributed by atoms with E-state index in [2.05, 4.69) is 15.2 Å². The summed E-state index contributed by atoms with van der Waals surface area (Å²) in [5.41, 5.74) is 7.83. The summed E-state index contributed by atoms with van der Waals surface area (Å²) >= 11 is 0. The molecular formula is C16H11B3F3N6+. The maximum Gasteiger partial charge on any atom is 0.298 e. The number of rotatable bonds is 5. The van der Waals surface area contributed by atoms with Crippen LogP contribution in [0.15, 0.2) is 29.5 Å².